The SMILES string of the molecule is CCC(C)N(CC(=O)O)C(=O)C(C)c1ccc(Cl)s1. The van der Waals surface area contributed by atoms with Crippen LogP contribution in [0, 0.1) is 0 Å². The van der Waals surface area contributed by atoms with E-state index >= 15 is 0 Å². The van der Waals surface area contributed by atoms with E-state index in [4.69, 9.17) is 16.7 Å². The zero-order chi connectivity index (χ0) is 14.6. The second kappa shape index (κ2) is 6.91. The first-order valence-corrected chi connectivity index (χ1v) is 7.33. The second-order valence-corrected chi connectivity index (χ2v) is 6.23. The van der Waals surface area contributed by atoms with Gasteiger partial charge in [-0.1, -0.05) is 18.5 Å². The van der Waals surface area contributed by atoms with Crippen LogP contribution in [0.5, 0.6) is 0 Å². The molecule has 4 nitrogen and oxygen atoms in total. The predicted molar refractivity (Wildman–Crippen MR) is 76.8 cm³/mol. The van der Waals surface area contributed by atoms with Gasteiger partial charge in [0.25, 0.3) is 0 Å². The number of halogens is 1. The Kier molecular flexibility index (Phi) is 5.82. The van der Waals surface area contributed by atoms with Crippen molar-refractivity contribution in [1.82, 2.24) is 4.90 Å². The third kappa shape index (κ3) is 4.21. The fourth-order valence-electron chi connectivity index (χ4n) is 1.75. The Bertz CT molecular complexity index is 460. The minimum absolute atomic E-state index is 0.0958. The zero-order valence-corrected chi connectivity index (χ0v) is 12.8. The molecule has 0 aliphatic heterocycles. The number of aliphatic carboxylic acids is 1. The predicted octanol–water partition coefficient (Wildman–Crippen LogP) is 3.22. The maximum atomic E-state index is 12.4. The molecule has 1 aromatic rings. The number of carboxylic acids is 1. The normalized spacial score (nSPS) is 13.9. The van der Waals surface area contributed by atoms with Crippen molar-refractivity contribution in [3.63, 3.8) is 0 Å². The highest BCUT2D eigenvalue weighted by molar-refractivity contribution is 7.16. The lowest BCUT2D eigenvalue weighted by atomic mass is 10.1. The summed E-state index contributed by atoms with van der Waals surface area (Å²) in [4.78, 5) is 25.6. The molecule has 0 saturated heterocycles. The number of carboxylic acid groups (broad SMARTS) is 1. The van der Waals surface area contributed by atoms with Crippen LogP contribution >= 0.6 is 22.9 Å². The van der Waals surface area contributed by atoms with Crippen molar-refractivity contribution in [2.24, 2.45) is 0 Å². The summed E-state index contributed by atoms with van der Waals surface area (Å²) in [5.41, 5.74) is 0. The molecule has 0 aliphatic rings. The van der Waals surface area contributed by atoms with E-state index in [0.717, 1.165) is 11.3 Å². The average Bonchev–Trinajstić information content (AvgIpc) is 2.79. The molecule has 19 heavy (non-hydrogen) atoms. The lowest BCUT2D eigenvalue weighted by molar-refractivity contribution is -0.146. The first-order chi connectivity index (χ1) is 8.86. The number of nitrogens with zero attached hydrogens (tertiary/aromatic N) is 1. The summed E-state index contributed by atoms with van der Waals surface area (Å²) in [7, 11) is 0. The maximum absolute atomic E-state index is 12.4. The molecule has 6 heteroatoms. The van der Waals surface area contributed by atoms with E-state index in [1.165, 1.54) is 16.2 Å². The van der Waals surface area contributed by atoms with Crippen molar-refractivity contribution >= 4 is 34.8 Å². The van der Waals surface area contributed by atoms with Gasteiger partial charge in [-0.15, -0.1) is 11.3 Å². The Morgan fingerprint density at radius 3 is 2.47 bits per heavy atom. The molecule has 1 aromatic heterocycles. The van der Waals surface area contributed by atoms with Crippen LogP contribution in [-0.2, 0) is 9.59 Å². The number of thiophene rings is 1. The number of carbonyl (C=O) groups is 2. The van der Waals surface area contributed by atoms with E-state index in [-0.39, 0.29) is 24.4 Å². The van der Waals surface area contributed by atoms with Crippen LogP contribution < -0.4 is 0 Å². The summed E-state index contributed by atoms with van der Waals surface area (Å²) >= 11 is 7.21. The number of carbonyl (C=O) groups excluding carboxylic acids is 1. The summed E-state index contributed by atoms with van der Waals surface area (Å²) in [6.07, 6.45) is 0.719. The van der Waals surface area contributed by atoms with Crippen molar-refractivity contribution in [2.45, 2.75) is 39.2 Å². The first kappa shape index (κ1) is 16.0. The Hall–Kier alpha value is -1.07. The Labute approximate surface area is 122 Å². The van der Waals surface area contributed by atoms with Crippen molar-refractivity contribution in [3.05, 3.63) is 21.3 Å². The highest BCUT2D eigenvalue weighted by Crippen LogP contribution is 2.29. The third-order valence-corrected chi connectivity index (χ3v) is 4.52. The van der Waals surface area contributed by atoms with Gasteiger partial charge in [0.2, 0.25) is 5.91 Å². The van der Waals surface area contributed by atoms with Crippen LogP contribution in [-0.4, -0.2) is 34.5 Å². The highest BCUT2D eigenvalue weighted by atomic mass is 35.5. The van der Waals surface area contributed by atoms with E-state index in [9.17, 15) is 9.59 Å². The van der Waals surface area contributed by atoms with Crippen LogP contribution in [0.4, 0.5) is 0 Å². The van der Waals surface area contributed by atoms with E-state index in [1.807, 2.05) is 19.9 Å². The number of hydrogen-bond donors (Lipinski definition) is 1. The quantitative estimate of drug-likeness (QED) is 0.878. The van der Waals surface area contributed by atoms with Crippen LogP contribution in [0.15, 0.2) is 12.1 Å². The Morgan fingerprint density at radius 1 is 1.42 bits per heavy atom. The van der Waals surface area contributed by atoms with Crippen LogP contribution in [0.1, 0.15) is 38.0 Å². The van der Waals surface area contributed by atoms with Gasteiger partial charge in [-0.25, -0.2) is 0 Å². The molecule has 1 amide bonds. The summed E-state index contributed by atoms with van der Waals surface area (Å²) in [5.74, 6) is -1.54. The van der Waals surface area contributed by atoms with Gasteiger partial charge in [0, 0.05) is 10.9 Å². The van der Waals surface area contributed by atoms with Gasteiger partial charge in [0.15, 0.2) is 0 Å². The summed E-state index contributed by atoms with van der Waals surface area (Å²) in [6.45, 7) is 5.30. The molecule has 0 saturated carbocycles. The molecule has 1 rings (SSSR count). The summed E-state index contributed by atoms with van der Waals surface area (Å²) in [6, 6.07) is 3.46. The van der Waals surface area contributed by atoms with E-state index < -0.39 is 5.97 Å². The monoisotopic (exact) mass is 303 g/mol. The molecule has 0 aromatic carbocycles. The molecule has 0 fully saturated rings. The minimum atomic E-state index is -0.995. The molecule has 0 bridgehead atoms. The molecular weight excluding hydrogens is 286 g/mol. The van der Waals surface area contributed by atoms with Crippen molar-refractivity contribution in [3.8, 4) is 0 Å². The molecule has 0 spiro atoms. The highest BCUT2D eigenvalue weighted by Gasteiger charge is 2.27. The first-order valence-electron chi connectivity index (χ1n) is 6.14. The molecular formula is C13H18ClNO3S. The minimum Gasteiger partial charge on any atom is -0.480 e. The number of hydrogen-bond acceptors (Lipinski definition) is 3. The summed E-state index contributed by atoms with van der Waals surface area (Å²) < 4.78 is 0.628. The number of amides is 1. The molecule has 106 valence electrons. The van der Waals surface area contributed by atoms with Gasteiger partial charge in [-0.05, 0) is 32.4 Å². The maximum Gasteiger partial charge on any atom is 0.323 e. The van der Waals surface area contributed by atoms with Crippen LogP contribution in [0.25, 0.3) is 0 Å². The standard InChI is InChI=1S/C13H18ClNO3S/c1-4-8(2)15(7-12(16)17)13(18)9(3)10-5-6-11(14)19-10/h5-6,8-9H,4,7H2,1-3H3,(H,16,17). The fraction of sp³-hybridized carbons (Fsp3) is 0.538. The molecule has 0 aliphatic carbocycles. The zero-order valence-electron chi connectivity index (χ0n) is 11.2. The Morgan fingerprint density at radius 2 is 2.05 bits per heavy atom. The third-order valence-electron chi connectivity index (χ3n) is 3.10. The van der Waals surface area contributed by atoms with Crippen molar-refractivity contribution in [2.75, 3.05) is 6.54 Å². The van der Waals surface area contributed by atoms with E-state index in [1.54, 1.807) is 13.0 Å². The van der Waals surface area contributed by atoms with E-state index in [2.05, 4.69) is 0 Å². The van der Waals surface area contributed by atoms with Crippen molar-refractivity contribution in [1.29, 1.82) is 0 Å². The smallest absolute Gasteiger partial charge is 0.323 e. The average molecular weight is 304 g/mol. The molecule has 0 radical (unpaired) electrons. The van der Waals surface area contributed by atoms with Gasteiger partial charge < -0.3 is 10.0 Å². The molecule has 1 heterocycles. The molecule has 2 atom stereocenters. The lowest BCUT2D eigenvalue weighted by Gasteiger charge is -2.29. The topological polar surface area (TPSA) is 57.6 Å². The van der Waals surface area contributed by atoms with Gasteiger partial charge in [0.05, 0.1) is 10.3 Å². The van der Waals surface area contributed by atoms with Crippen LogP contribution in [0.2, 0.25) is 4.34 Å². The summed E-state index contributed by atoms with van der Waals surface area (Å²) in [5, 5.41) is 8.92. The van der Waals surface area contributed by atoms with Gasteiger partial charge in [0.1, 0.15) is 6.54 Å². The van der Waals surface area contributed by atoms with Crippen molar-refractivity contribution < 1.29 is 14.7 Å². The van der Waals surface area contributed by atoms with Gasteiger partial charge >= 0.3 is 5.97 Å². The van der Waals surface area contributed by atoms with Gasteiger partial charge in [-0.2, -0.15) is 0 Å². The largest absolute Gasteiger partial charge is 0.480 e. The van der Waals surface area contributed by atoms with E-state index in [0.29, 0.717) is 4.34 Å². The lowest BCUT2D eigenvalue weighted by Crippen LogP contribution is -2.43. The Balaban J connectivity index is 2.89. The second-order valence-electron chi connectivity index (χ2n) is 4.48. The molecule has 1 N–H and O–H groups in total. The van der Waals surface area contributed by atoms with Gasteiger partial charge in [-0.3, -0.25) is 9.59 Å². The van der Waals surface area contributed by atoms with Crippen LogP contribution in [0.3, 0.4) is 0 Å². The fourth-order valence-corrected chi connectivity index (χ4v) is 2.85. The molecule has 2 unspecified atom stereocenters. The number of rotatable bonds is 6.